The van der Waals surface area contributed by atoms with Gasteiger partial charge in [0.1, 0.15) is 0 Å². The first-order chi connectivity index (χ1) is 12.0. The lowest BCUT2D eigenvalue weighted by Crippen LogP contribution is -2.37. The summed E-state index contributed by atoms with van der Waals surface area (Å²) in [5, 5.41) is 0. The molecule has 2 aromatic rings. The van der Waals surface area contributed by atoms with Crippen molar-refractivity contribution in [3.8, 4) is 0 Å². The fourth-order valence-electron chi connectivity index (χ4n) is 3.32. The zero-order valence-electron chi connectivity index (χ0n) is 15.1. The van der Waals surface area contributed by atoms with Crippen LogP contribution in [0.3, 0.4) is 0 Å². The van der Waals surface area contributed by atoms with Gasteiger partial charge in [-0.2, -0.15) is 0 Å². The molecule has 0 atom stereocenters. The summed E-state index contributed by atoms with van der Waals surface area (Å²) in [6, 6.07) is 9.56. The van der Waals surface area contributed by atoms with Crippen molar-refractivity contribution in [2.75, 3.05) is 26.2 Å². The van der Waals surface area contributed by atoms with Crippen LogP contribution in [-0.2, 0) is 0 Å². The van der Waals surface area contributed by atoms with Crippen molar-refractivity contribution < 1.29 is 9.59 Å². The number of amides is 2. The average molecular weight is 339 g/mol. The highest BCUT2D eigenvalue weighted by molar-refractivity contribution is 5.96. The third-order valence-electron chi connectivity index (χ3n) is 4.75. The van der Waals surface area contributed by atoms with Crippen LogP contribution in [0.4, 0.5) is 0 Å². The predicted octanol–water partition coefficient (Wildman–Crippen LogP) is 2.93. The van der Waals surface area contributed by atoms with Crippen molar-refractivity contribution in [1.82, 2.24) is 14.8 Å². The van der Waals surface area contributed by atoms with Gasteiger partial charge in [0.2, 0.25) is 0 Å². The van der Waals surface area contributed by atoms with Crippen molar-refractivity contribution >= 4 is 11.8 Å². The molecule has 5 nitrogen and oxygen atoms in total. The second kappa shape index (κ2) is 7.13. The molecule has 0 aliphatic carbocycles. The van der Waals surface area contributed by atoms with Gasteiger partial charge in [-0.25, -0.2) is 0 Å². The Morgan fingerprint density at radius 1 is 0.880 bits per heavy atom. The summed E-state index contributed by atoms with van der Waals surface area (Å²) in [7, 11) is 0. The second-order valence-corrected chi connectivity index (χ2v) is 6.80. The Hall–Kier alpha value is -2.56. The molecule has 0 spiro atoms. The number of rotatable bonds is 2. The molecule has 3 rings (SSSR count). The molecule has 25 heavy (non-hydrogen) atoms. The van der Waals surface area contributed by atoms with Crippen LogP contribution < -0.4 is 0 Å². The van der Waals surface area contributed by atoms with Gasteiger partial charge in [0.05, 0.1) is 5.56 Å². The topological polar surface area (TPSA) is 56.4 Å². The summed E-state index contributed by atoms with van der Waals surface area (Å²) in [5.41, 5.74) is 4.48. The smallest absolute Gasteiger partial charge is 0.255 e. The molecule has 1 fully saturated rings. The zero-order chi connectivity index (χ0) is 18.0. The highest BCUT2D eigenvalue weighted by Crippen LogP contribution is 2.15. The Kier molecular flexibility index (Phi) is 4.93. The summed E-state index contributed by atoms with van der Waals surface area (Å²) < 4.78 is 0. The third-order valence-corrected chi connectivity index (χ3v) is 4.75. The molecule has 2 amide bonds. The number of carbonyl (C=O) groups is 2. The van der Waals surface area contributed by atoms with Gasteiger partial charge >= 0.3 is 0 Å². The van der Waals surface area contributed by atoms with E-state index in [9.17, 15) is 9.59 Å². The first kappa shape index (κ1) is 17.3. The number of benzene rings is 1. The molecular formula is C20H25N3O2. The van der Waals surface area contributed by atoms with Gasteiger partial charge in [0, 0.05) is 43.1 Å². The summed E-state index contributed by atoms with van der Waals surface area (Å²) in [6.07, 6.45) is 0.797. The number of nitrogens with one attached hydrogen (secondary N) is 1. The Labute approximate surface area is 148 Å². The maximum atomic E-state index is 12.8. The van der Waals surface area contributed by atoms with E-state index in [-0.39, 0.29) is 11.8 Å². The molecule has 132 valence electrons. The number of H-pyrrole nitrogens is 1. The molecule has 1 N–H and O–H groups in total. The first-order valence-corrected chi connectivity index (χ1v) is 8.77. The third kappa shape index (κ3) is 3.76. The van der Waals surface area contributed by atoms with Crippen LogP contribution in [0.2, 0.25) is 0 Å². The van der Waals surface area contributed by atoms with E-state index in [1.165, 1.54) is 0 Å². The number of carbonyl (C=O) groups excluding carboxylic acids is 2. The minimum Gasteiger partial charge on any atom is -0.362 e. The maximum Gasteiger partial charge on any atom is 0.255 e. The number of nitrogens with zero attached hydrogens (tertiary/aromatic N) is 2. The molecule has 5 heteroatoms. The van der Waals surface area contributed by atoms with Crippen LogP contribution >= 0.6 is 0 Å². The molecule has 2 heterocycles. The molecule has 0 radical (unpaired) electrons. The SMILES string of the molecule is Cc1ccc(C(=O)N2CCCN(C(=O)c3cc(C)[nH]c3C)CC2)cc1. The van der Waals surface area contributed by atoms with Crippen molar-refractivity contribution in [2.45, 2.75) is 27.2 Å². The largest absolute Gasteiger partial charge is 0.362 e. The van der Waals surface area contributed by atoms with Crippen molar-refractivity contribution in [3.05, 3.63) is 58.4 Å². The van der Waals surface area contributed by atoms with Crippen LogP contribution in [0, 0.1) is 20.8 Å². The van der Waals surface area contributed by atoms with E-state index in [1.807, 2.05) is 60.9 Å². The predicted molar refractivity (Wildman–Crippen MR) is 97.9 cm³/mol. The Morgan fingerprint density at radius 2 is 1.48 bits per heavy atom. The fraction of sp³-hybridized carbons (Fsp3) is 0.400. The van der Waals surface area contributed by atoms with E-state index < -0.39 is 0 Å². The van der Waals surface area contributed by atoms with E-state index in [1.54, 1.807) is 0 Å². The van der Waals surface area contributed by atoms with E-state index in [0.29, 0.717) is 31.7 Å². The normalized spacial score (nSPS) is 15.2. The molecule has 1 aliphatic heterocycles. The average Bonchev–Trinajstić information content (AvgIpc) is 2.80. The molecular weight excluding hydrogens is 314 g/mol. The molecule has 1 aliphatic rings. The minimum atomic E-state index is 0.0444. The second-order valence-electron chi connectivity index (χ2n) is 6.80. The van der Waals surface area contributed by atoms with E-state index in [2.05, 4.69) is 4.98 Å². The quantitative estimate of drug-likeness (QED) is 0.914. The molecule has 1 saturated heterocycles. The number of aromatic nitrogens is 1. The number of hydrogen-bond acceptors (Lipinski definition) is 2. The molecule has 0 unspecified atom stereocenters. The van der Waals surface area contributed by atoms with Gasteiger partial charge in [0.15, 0.2) is 0 Å². The van der Waals surface area contributed by atoms with Gasteiger partial charge in [-0.15, -0.1) is 0 Å². The number of aromatic amines is 1. The van der Waals surface area contributed by atoms with Gasteiger partial charge in [0.25, 0.3) is 11.8 Å². The number of aryl methyl sites for hydroxylation is 3. The summed E-state index contributed by atoms with van der Waals surface area (Å²) >= 11 is 0. The zero-order valence-corrected chi connectivity index (χ0v) is 15.1. The minimum absolute atomic E-state index is 0.0444. The van der Waals surface area contributed by atoms with Crippen molar-refractivity contribution in [3.63, 3.8) is 0 Å². The highest BCUT2D eigenvalue weighted by atomic mass is 16.2. The first-order valence-electron chi connectivity index (χ1n) is 8.77. The molecule has 0 saturated carbocycles. The van der Waals surface area contributed by atoms with Gasteiger partial charge in [-0.3, -0.25) is 9.59 Å². The Morgan fingerprint density at radius 3 is 2.04 bits per heavy atom. The van der Waals surface area contributed by atoms with Crippen LogP contribution in [0.25, 0.3) is 0 Å². The van der Waals surface area contributed by atoms with Crippen LogP contribution in [0.1, 0.15) is 44.1 Å². The van der Waals surface area contributed by atoms with Crippen LogP contribution in [-0.4, -0.2) is 52.8 Å². The molecule has 0 bridgehead atoms. The van der Waals surface area contributed by atoms with Gasteiger partial charge in [-0.1, -0.05) is 17.7 Å². The lowest BCUT2D eigenvalue weighted by atomic mass is 10.1. The summed E-state index contributed by atoms with van der Waals surface area (Å²) in [5.74, 6) is 0.0921. The monoisotopic (exact) mass is 339 g/mol. The highest BCUT2D eigenvalue weighted by Gasteiger charge is 2.24. The van der Waals surface area contributed by atoms with E-state index >= 15 is 0 Å². The molecule has 1 aromatic heterocycles. The van der Waals surface area contributed by atoms with E-state index in [0.717, 1.165) is 28.9 Å². The maximum absolute atomic E-state index is 12.8. The lowest BCUT2D eigenvalue weighted by Gasteiger charge is -2.22. The van der Waals surface area contributed by atoms with Crippen molar-refractivity contribution in [2.24, 2.45) is 0 Å². The van der Waals surface area contributed by atoms with Crippen LogP contribution in [0.5, 0.6) is 0 Å². The van der Waals surface area contributed by atoms with Crippen LogP contribution in [0.15, 0.2) is 30.3 Å². The van der Waals surface area contributed by atoms with E-state index in [4.69, 9.17) is 0 Å². The van der Waals surface area contributed by atoms with Crippen molar-refractivity contribution in [1.29, 1.82) is 0 Å². The van der Waals surface area contributed by atoms with Gasteiger partial charge < -0.3 is 14.8 Å². The number of hydrogen-bond donors (Lipinski definition) is 1. The standard InChI is InChI=1S/C20H25N3O2/c1-14-5-7-17(8-6-14)19(24)22-9-4-10-23(12-11-22)20(25)18-13-15(2)21-16(18)3/h5-8,13,21H,4,9-12H2,1-3H3. The Bertz CT molecular complexity index is 777. The Balaban J connectivity index is 1.68. The summed E-state index contributed by atoms with van der Waals surface area (Å²) in [4.78, 5) is 32.4. The molecule has 1 aromatic carbocycles. The fourth-order valence-corrected chi connectivity index (χ4v) is 3.32. The lowest BCUT2D eigenvalue weighted by molar-refractivity contribution is 0.0718. The van der Waals surface area contributed by atoms with Gasteiger partial charge in [-0.05, 0) is 45.4 Å². The summed E-state index contributed by atoms with van der Waals surface area (Å²) in [6.45, 7) is 8.39.